The average Bonchev–Trinajstić information content (AvgIpc) is 3.37. The van der Waals surface area contributed by atoms with E-state index in [0.29, 0.717) is 28.1 Å². The Balaban J connectivity index is 1.77. The minimum Gasteiger partial charge on any atom is -0.503 e. The van der Waals surface area contributed by atoms with E-state index in [1.807, 2.05) is 43.3 Å². The van der Waals surface area contributed by atoms with Crippen LogP contribution in [0.25, 0.3) is 6.08 Å². The molecule has 0 spiro atoms. The maximum absolute atomic E-state index is 13.2. The van der Waals surface area contributed by atoms with Gasteiger partial charge in [0.15, 0.2) is 11.5 Å². The van der Waals surface area contributed by atoms with Crippen molar-refractivity contribution in [1.29, 1.82) is 0 Å². The van der Waals surface area contributed by atoms with Gasteiger partial charge in [0.1, 0.15) is 10.8 Å². The molecule has 0 aliphatic carbocycles. The Hall–Kier alpha value is -3.78. The Morgan fingerprint density at radius 1 is 1.18 bits per heavy atom. The fourth-order valence-corrected chi connectivity index (χ4v) is 4.29. The number of aryl methyl sites for hydroxylation is 1. The SMILES string of the molecule is CCCOc1cccc(C2C(C(=O)C=Cc3ccccc3)=C(O)C(=O)N2c2nnc(C)s2)c1. The maximum Gasteiger partial charge on any atom is 0.296 e. The number of aliphatic hydroxyl groups is 1. The molecule has 1 aromatic heterocycles. The van der Waals surface area contributed by atoms with Gasteiger partial charge >= 0.3 is 0 Å². The Bertz CT molecular complexity index is 1230. The molecule has 3 aromatic rings. The van der Waals surface area contributed by atoms with Gasteiger partial charge in [-0.3, -0.25) is 14.5 Å². The first-order chi connectivity index (χ1) is 16.0. The van der Waals surface area contributed by atoms with Crippen LogP contribution in [-0.2, 0) is 9.59 Å². The van der Waals surface area contributed by atoms with Crippen LogP contribution < -0.4 is 9.64 Å². The zero-order valence-electron chi connectivity index (χ0n) is 18.3. The van der Waals surface area contributed by atoms with Crippen LogP contribution in [0.4, 0.5) is 5.13 Å². The van der Waals surface area contributed by atoms with Crippen LogP contribution in [0.15, 0.2) is 72.0 Å². The third-order valence-electron chi connectivity index (χ3n) is 5.07. The topological polar surface area (TPSA) is 92.6 Å². The number of allylic oxidation sites excluding steroid dienone is 1. The molecule has 0 radical (unpaired) electrons. The lowest BCUT2D eigenvalue weighted by molar-refractivity contribution is -0.117. The number of aliphatic hydroxyl groups excluding tert-OH is 1. The maximum atomic E-state index is 13.2. The molecule has 168 valence electrons. The smallest absolute Gasteiger partial charge is 0.296 e. The summed E-state index contributed by atoms with van der Waals surface area (Å²) in [5, 5.41) is 19.8. The number of nitrogens with zero attached hydrogens (tertiary/aromatic N) is 3. The minimum atomic E-state index is -0.858. The number of rotatable bonds is 8. The van der Waals surface area contributed by atoms with Crippen LogP contribution in [0.1, 0.15) is 35.5 Å². The summed E-state index contributed by atoms with van der Waals surface area (Å²) < 4.78 is 5.75. The summed E-state index contributed by atoms with van der Waals surface area (Å²) in [7, 11) is 0. The van der Waals surface area contributed by atoms with Gasteiger partial charge in [-0.1, -0.05) is 66.8 Å². The van der Waals surface area contributed by atoms with E-state index in [4.69, 9.17) is 4.74 Å². The number of hydrogen-bond donors (Lipinski definition) is 1. The number of hydrogen-bond acceptors (Lipinski definition) is 7. The molecule has 1 aliphatic heterocycles. The van der Waals surface area contributed by atoms with Crippen molar-refractivity contribution < 1.29 is 19.4 Å². The normalized spacial score (nSPS) is 16.1. The number of ketones is 1. The van der Waals surface area contributed by atoms with Crippen molar-refractivity contribution in [2.75, 3.05) is 11.5 Å². The second-order valence-corrected chi connectivity index (χ2v) is 8.63. The monoisotopic (exact) mass is 461 g/mol. The second-order valence-electron chi connectivity index (χ2n) is 7.47. The Morgan fingerprint density at radius 3 is 2.67 bits per heavy atom. The van der Waals surface area contributed by atoms with E-state index in [1.165, 1.54) is 22.3 Å². The van der Waals surface area contributed by atoms with E-state index in [-0.39, 0.29) is 5.57 Å². The van der Waals surface area contributed by atoms with Gasteiger partial charge in [-0.15, -0.1) is 10.2 Å². The van der Waals surface area contributed by atoms with Gasteiger partial charge in [0, 0.05) is 0 Å². The van der Waals surface area contributed by atoms with Gasteiger partial charge in [-0.2, -0.15) is 0 Å². The third kappa shape index (κ3) is 4.70. The van der Waals surface area contributed by atoms with Crippen molar-refractivity contribution in [2.24, 2.45) is 0 Å². The van der Waals surface area contributed by atoms with Gasteiger partial charge in [-0.25, -0.2) is 0 Å². The molecule has 2 heterocycles. The lowest BCUT2D eigenvalue weighted by Gasteiger charge is -2.24. The molecule has 0 bridgehead atoms. The largest absolute Gasteiger partial charge is 0.503 e. The van der Waals surface area contributed by atoms with Crippen LogP contribution in [0.5, 0.6) is 5.75 Å². The van der Waals surface area contributed by atoms with Gasteiger partial charge in [-0.05, 0) is 42.7 Å². The standard InChI is InChI=1S/C25H23N3O4S/c1-3-14-32-19-11-7-10-18(15-19)22-21(20(29)13-12-17-8-5-4-6-9-17)23(30)24(31)28(22)25-27-26-16(2)33-25/h4-13,15,22,30H,3,14H2,1-2H3. The van der Waals surface area contributed by atoms with Crippen LogP contribution in [-0.4, -0.2) is 33.6 Å². The molecule has 1 aliphatic rings. The molecule has 7 nitrogen and oxygen atoms in total. The van der Waals surface area contributed by atoms with Crippen LogP contribution >= 0.6 is 11.3 Å². The first-order valence-electron chi connectivity index (χ1n) is 10.6. The highest BCUT2D eigenvalue weighted by Crippen LogP contribution is 2.42. The fourth-order valence-electron chi connectivity index (χ4n) is 3.57. The van der Waals surface area contributed by atoms with Crippen molar-refractivity contribution in [2.45, 2.75) is 26.3 Å². The van der Waals surface area contributed by atoms with Crippen molar-refractivity contribution in [3.63, 3.8) is 0 Å². The Labute approximate surface area is 195 Å². The summed E-state index contributed by atoms with van der Waals surface area (Å²) in [4.78, 5) is 27.7. The highest BCUT2D eigenvalue weighted by molar-refractivity contribution is 7.15. The van der Waals surface area contributed by atoms with E-state index in [9.17, 15) is 14.7 Å². The average molecular weight is 462 g/mol. The predicted molar refractivity (Wildman–Crippen MR) is 127 cm³/mol. The third-order valence-corrected chi connectivity index (χ3v) is 5.91. The summed E-state index contributed by atoms with van der Waals surface area (Å²) in [6, 6.07) is 15.7. The van der Waals surface area contributed by atoms with Crippen LogP contribution in [0, 0.1) is 6.92 Å². The lowest BCUT2D eigenvalue weighted by atomic mass is 9.95. The van der Waals surface area contributed by atoms with Gasteiger partial charge in [0.25, 0.3) is 5.91 Å². The number of carbonyl (C=O) groups excluding carboxylic acids is 2. The van der Waals surface area contributed by atoms with Crippen molar-refractivity contribution >= 4 is 34.2 Å². The molecule has 2 aromatic carbocycles. The molecular weight excluding hydrogens is 438 g/mol. The number of benzene rings is 2. The second kappa shape index (κ2) is 9.79. The van der Waals surface area contributed by atoms with E-state index >= 15 is 0 Å². The molecule has 1 atom stereocenters. The summed E-state index contributed by atoms with van der Waals surface area (Å²) in [5.74, 6) is -1.12. The van der Waals surface area contributed by atoms with E-state index < -0.39 is 23.5 Å². The first kappa shape index (κ1) is 22.4. The Kier molecular flexibility index (Phi) is 6.65. The quantitative estimate of drug-likeness (QED) is 0.484. The number of ether oxygens (including phenoxy) is 1. The van der Waals surface area contributed by atoms with Gasteiger partial charge in [0.05, 0.1) is 18.2 Å². The highest BCUT2D eigenvalue weighted by atomic mass is 32.1. The molecule has 33 heavy (non-hydrogen) atoms. The number of anilines is 1. The molecule has 0 saturated heterocycles. The molecule has 0 fully saturated rings. The highest BCUT2D eigenvalue weighted by Gasteiger charge is 2.45. The molecule has 1 unspecified atom stereocenters. The zero-order chi connectivity index (χ0) is 23.4. The van der Waals surface area contributed by atoms with Crippen LogP contribution in [0.3, 0.4) is 0 Å². The predicted octanol–water partition coefficient (Wildman–Crippen LogP) is 4.82. The van der Waals surface area contributed by atoms with Gasteiger partial charge in [0.2, 0.25) is 5.13 Å². The minimum absolute atomic E-state index is 0.00678. The van der Waals surface area contributed by atoms with Crippen molar-refractivity contribution in [3.8, 4) is 5.75 Å². The number of aromatic nitrogens is 2. The fraction of sp³-hybridized carbons (Fsp3) is 0.200. The van der Waals surface area contributed by atoms with Crippen molar-refractivity contribution in [1.82, 2.24) is 10.2 Å². The van der Waals surface area contributed by atoms with Crippen LogP contribution in [0.2, 0.25) is 0 Å². The first-order valence-corrected chi connectivity index (χ1v) is 11.4. The lowest BCUT2D eigenvalue weighted by Crippen LogP contribution is -2.30. The number of carbonyl (C=O) groups is 2. The van der Waals surface area contributed by atoms with E-state index in [0.717, 1.165) is 12.0 Å². The van der Waals surface area contributed by atoms with Crippen molar-refractivity contribution in [3.05, 3.63) is 88.1 Å². The summed E-state index contributed by atoms with van der Waals surface area (Å²) in [6.07, 6.45) is 3.87. The molecule has 1 amide bonds. The number of amides is 1. The summed E-state index contributed by atoms with van der Waals surface area (Å²) in [5.41, 5.74) is 1.45. The molecule has 0 saturated carbocycles. The summed E-state index contributed by atoms with van der Waals surface area (Å²) in [6.45, 7) is 4.33. The molecular formula is C25H23N3O4S. The van der Waals surface area contributed by atoms with E-state index in [1.54, 1.807) is 31.2 Å². The molecule has 4 rings (SSSR count). The van der Waals surface area contributed by atoms with Gasteiger partial charge < -0.3 is 9.84 Å². The molecule has 8 heteroatoms. The molecule has 1 N–H and O–H groups in total. The zero-order valence-corrected chi connectivity index (χ0v) is 19.1. The summed E-state index contributed by atoms with van der Waals surface area (Å²) >= 11 is 1.22. The van der Waals surface area contributed by atoms with E-state index in [2.05, 4.69) is 10.2 Å². The Morgan fingerprint density at radius 2 is 1.97 bits per heavy atom.